The Labute approximate surface area is 115 Å². The summed E-state index contributed by atoms with van der Waals surface area (Å²) in [6.07, 6.45) is 1.84. The number of nitrogens with two attached hydrogens (primary N) is 1. The van der Waals surface area contributed by atoms with Crippen LogP contribution in [0.5, 0.6) is 0 Å². The lowest BCUT2D eigenvalue weighted by atomic mass is 10.1. The number of hydrogen-bond acceptors (Lipinski definition) is 3. The molecule has 0 unspecified atom stereocenters. The third-order valence-electron chi connectivity index (χ3n) is 3.49. The van der Waals surface area contributed by atoms with E-state index in [0.717, 1.165) is 38.8 Å². The Balaban J connectivity index is 2.01. The van der Waals surface area contributed by atoms with E-state index in [1.54, 1.807) is 0 Å². The summed E-state index contributed by atoms with van der Waals surface area (Å²) in [5.41, 5.74) is 10.5. The van der Waals surface area contributed by atoms with Gasteiger partial charge in [-0.05, 0) is 24.3 Å². The first-order chi connectivity index (χ1) is 9.83. The fourth-order valence-electron chi connectivity index (χ4n) is 2.51. The highest BCUT2D eigenvalue weighted by Crippen LogP contribution is 2.31. The van der Waals surface area contributed by atoms with Gasteiger partial charge in [-0.2, -0.15) is 5.10 Å². The molecule has 0 aliphatic carbocycles. The molecule has 3 N–H and O–H groups in total. The van der Waals surface area contributed by atoms with E-state index in [0.29, 0.717) is 0 Å². The minimum Gasteiger partial charge on any atom is -0.398 e. The SMILES string of the molecule is Nc1cccc2[nH]nc(-c3cnc4ccccc4c3)c12. The van der Waals surface area contributed by atoms with Gasteiger partial charge in [0.2, 0.25) is 0 Å². The molecule has 4 heteroatoms. The number of fused-ring (bicyclic) bond motifs is 2. The molecule has 2 heterocycles. The zero-order valence-corrected chi connectivity index (χ0v) is 10.7. The van der Waals surface area contributed by atoms with E-state index in [4.69, 9.17) is 5.73 Å². The summed E-state index contributed by atoms with van der Waals surface area (Å²) in [5.74, 6) is 0. The topological polar surface area (TPSA) is 67.6 Å². The number of aromatic amines is 1. The molecule has 0 fully saturated rings. The van der Waals surface area contributed by atoms with Crippen molar-refractivity contribution >= 4 is 27.5 Å². The number of anilines is 1. The Bertz CT molecular complexity index is 924. The number of H-pyrrole nitrogens is 1. The first kappa shape index (κ1) is 11.0. The first-order valence-electron chi connectivity index (χ1n) is 6.41. The molecule has 4 nitrogen and oxygen atoms in total. The van der Waals surface area contributed by atoms with E-state index in [9.17, 15) is 0 Å². The van der Waals surface area contributed by atoms with Crippen LogP contribution in [0.4, 0.5) is 5.69 Å². The third-order valence-corrected chi connectivity index (χ3v) is 3.49. The molecule has 0 aliphatic heterocycles. The highest BCUT2D eigenvalue weighted by Gasteiger charge is 2.11. The number of hydrogen-bond donors (Lipinski definition) is 2. The second-order valence-electron chi connectivity index (χ2n) is 4.76. The zero-order valence-electron chi connectivity index (χ0n) is 10.7. The number of para-hydroxylation sites is 1. The summed E-state index contributed by atoms with van der Waals surface area (Å²) in [6, 6.07) is 15.9. The predicted molar refractivity (Wildman–Crippen MR) is 81.2 cm³/mol. The molecule has 20 heavy (non-hydrogen) atoms. The molecule has 2 aromatic carbocycles. The highest BCUT2D eigenvalue weighted by molar-refractivity contribution is 6.02. The van der Waals surface area contributed by atoms with Crippen molar-refractivity contribution in [2.45, 2.75) is 0 Å². The first-order valence-corrected chi connectivity index (χ1v) is 6.41. The van der Waals surface area contributed by atoms with Gasteiger partial charge >= 0.3 is 0 Å². The van der Waals surface area contributed by atoms with Gasteiger partial charge in [-0.3, -0.25) is 10.1 Å². The molecule has 2 aromatic heterocycles. The summed E-state index contributed by atoms with van der Waals surface area (Å²) >= 11 is 0. The van der Waals surface area contributed by atoms with Gasteiger partial charge in [0.25, 0.3) is 0 Å². The highest BCUT2D eigenvalue weighted by atomic mass is 15.1. The second kappa shape index (κ2) is 4.06. The smallest absolute Gasteiger partial charge is 0.104 e. The van der Waals surface area contributed by atoms with Crippen LogP contribution in [0, 0.1) is 0 Å². The van der Waals surface area contributed by atoms with Crippen molar-refractivity contribution < 1.29 is 0 Å². The number of nitrogens with zero attached hydrogens (tertiary/aromatic N) is 2. The lowest BCUT2D eigenvalue weighted by Gasteiger charge is -2.02. The largest absolute Gasteiger partial charge is 0.398 e. The molecule has 0 aliphatic rings. The molecule has 0 bridgehead atoms. The van der Waals surface area contributed by atoms with Gasteiger partial charge in [0.05, 0.1) is 16.4 Å². The molecular formula is C16H12N4. The lowest BCUT2D eigenvalue weighted by molar-refractivity contribution is 1.12. The maximum Gasteiger partial charge on any atom is 0.104 e. The summed E-state index contributed by atoms with van der Waals surface area (Å²) in [4.78, 5) is 4.48. The molecular weight excluding hydrogens is 248 g/mol. The van der Waals surface area contributed by atoms with Crippen molar-refractivity contribution in [2.24, 2.45) is 0 Å². The van der Waals surface area contributed by atoms with Crippen molar-refractivity contribution in [3.63, 3.8) is 0 Å². The third kappa shape index (κ3) is 1.55. The van der Waals surface area contributed by atoms with Crippen LogP contribution in [0.3, 0.4) is 0 Å². The molecule has 96 valence electrons. The Kier molecular flexibility index (Phi) is 2.23. The van der Waals surface area contributed by atoms with Crippen LogP contribution in [-0.4, -0.2) is 15.2 Å². The van der Waals surface area contributed by atoms with E-state index in [1.807, 2.05) is 48.7 Å². The maximum absolute atomic E-state index is 6.07. The van der Waals surface area contributed by atoms with Crippen molar-refractivity contribution in [1.29, 1.82) is 0 Å². The van der Waals surface area contributed by atoms with Crippen molar-refractivity contribution in [1.82, 2.24) is 15.2 Å². The Morgan fingerprint density at radius 1 is 1.00 bits per heavy atom. The molecule has 0 radical (unpaired) electrons. The van der Waals surface area contributed by atoms with Gasteiger partial charge < -0.3 is 5.73 Å². The molecule has 0 amide bonds. The number of aromatic nitrogens is 3. The molecule has 0 spiro atoms. The van der Waals surface area contributed by atoms with E-state index in [-0.39, 0.29) is 0 Å². The van der Waals surface area contributed by atoms with Crippen molar-refractivity contribution in [2.75, 3.05) is 5.73 Å². The van der Waals surface area contributed by atoms with Gasteiger partial charge in [0.1, 0.15) is 5.69 Å². The molecule has 0 saturated heterocycles. The van der Waals surface area contributed by atoms with Crippen LogP contribution < -0.4 is 5.73 Å². The summed E-state index contributed by atoms with van der Waals surface area (Å²) in [7, 11) is 0. The van der Waals surface area contributed by atoms with E-state index in [1.165, 1.54) is 0 Å². The number of nitrogen functional groups attached to an aromatic ring is 1. The van der Waals surface area contributed by atoms with Crippen LogP contribution in [0.2, 0.25) is 0 Å². The minimum atomic E-state index is 0.722. The van der Waals surface area contributed by atoms with Crippen molar-refractivity contribution in [3.05, 3.63) is 54.7 Å². The summed E-state index contributed by atoms with van der Waals surface area (Å²) in [5, 5.41) is 9.45. The van der Waals surface area contributed by atoms with Crippen LogP contribution in [0.25, 0.3) is 33.1 Å². The molecule has 0 saturated carbocycles. The van der Waals surface area contributed by atoms with Crippen molar-refractivity contribution in [3.8, 4) is 11.3 Å². The number of rotatable bonds is 1. The average molecular weight is 260 g/mol. The Morgan fingerprint density at radius 3 is 2.85 bits per heavy atom. The van der Waals surface area contributed by atoms with Gasteiger partial charge in [0, 0.05) is 22.8 Å². The standard InChI is InChI=1S/C16H12N4/c17-12-5-3-7-14-15(12)16(20-19-14)11-8-10-4-1-2-6-13(10)18-9-11/h1-9H,17H2,(H,19,20). The minimum absolute atomic E-state index is 0.722. The Hall–Kier alpha value is -2.88. The van der Waals surface area contributed by atoms with Gasteiger partial charge in [-0.1, -0.05) is 24.3 Å². The number of benzene rings is 2. The van der Waals surface area contributed by atoms with Crippen LogP contribution in [0.15, 0.2) is 54.7 Å². The summed E-state index contributed by atoms with van der Waals surface area (Å²) < 4.78 is 0. The van der Waals surface area contributed by atoms with Gasteiger partial charge in [0.15, 0.2) is 0 Å². The number of nitrogens with one attached hydrogen (secondary N) is 1. The Morgan fingerprint density at radius 2 is 1.90 bits per heavy atom. The fraction of sp³-hybridized carbons (Fsp3) is 0. The van der Waals surface area contributed by atoms with E-state index < -0.39 is 0 Å². The van der Waals surface area contributed by atoms with Crippen LogP contribution in [-0.2, 0) is 0 Å². The lowest BCUT2D eigenvalue weighted by Crippen LogP contribution is -1.88. The normalized spacial score (nSPS) is 11.2. The van der Waals surface area contributed by atoms with Crippen LogP contribution in [0.1, 0.15) is 0 Å². The molecule has 4 rings (SSSR count). The number of pyridine rings is 1. The second-order valence-corrected chi connectivity index (χ2v) is 4.76. The quantitative estimate of drug-likeness (QED) is 0.516. The van der Waals surface area contributed by atoms with E-state index >= 15 is 0 Å². The van der Waals surface area contributed by atoms with Crippen LogP contribution >= 0.6 is 0 Å². The van der Waals surface area contributed by atoms with Gasteiger partial charge in [-0.15, -0.1) is 0 Å². The monoisotopic (exact) mass is 260 g/mol. The predicted octanol–water partition coefficient (Wildman–Crippen LogP) is 3.36. The average Bonchev–Trinajstić information content (AvgIpc) is 2.92. The fourth-order valence-corrected chi connectivity index (χ4v) is 2.51. The molecule has 4 aromatic rings. The van der Waals surface area contributed by atoms with E-state index in [2.05, 4.69) is 21.2 Å². The molecule has 0 atom stereocenters. The van der Waals surface area contributed by atoms with Gasteiger partial charge in [-0.25, -0.2) is 0 Å². The zero-order chi connectivity index (χ0) is 13.5. The summed E-state index contributed by atoms with van der Waals surface area (Å²) in [6.45, 7) is 0. The maximum atomic E-state index is 6.07.